The molecule has 1 atom stereocenters. The van der Waals surface area contributed by atoms with Crippen molar-refractivity contribution in [3.63, 3.8) is 0 Å². The van der Waals surface area contributed by atoms with Gasteiger partial charge in [0.2, 0.25) is 0 Å². The molecule has 20 heavy (non-hydrogen) atoms. The standard InChI is InChI=1S/C13H24N2O5/c1-5-7-10(12(17)18)14-13(19)15(9(3)4)8-11(16)20-6-2/h9-10H,5-8H2,1-4H3,(H,14,19)(H,17,18). The van der Waals surface area contributed by atoms with E-state index in [1.54, 1.807) is 20.8 Å². The lowest BCUT2D eigenvalue weighted by atomic mass is 10.2. The average Bonchev–Trinajstić information content (AvgIpc) is 2.35. The molecule has 0 spiro atoms. The van der Waals surface area contributed by atoms with Crippen molar-refractivity contribution in [1.29, 1.82) is 0 Å². The number of carbonyl (C=O) groups excluding carboxylic acids is 2. The molecule has 0 aliphatic heterocycles. The van der Waals surface area contributed by atoms with Gasteiger partial charge in [-0.3, -0.25) is 4.79 Å². The number of carboxylic acids is 1. The molecule has 0 aromatic rings. The van der Waals surface area contributed by atoms with E-state index in [-0.39, 0.29) is 19.2 Å². The highest BCUT2D eigenvalue weighted by atomic mass is 16.5. The van der Waals surface area contributed by atoms with Gasteiger partial charge < -0.3 is 20.1 Å². The smallest absolute Gasteiger partial charge is 0.326 e. The zero-order valence-corrected chi connectivity index (χ0v) is 12.5. The summed E-state index contributed by atoms with van der Waals surface area (Å²) in [5.74, 6) is -1.60. The number of nitrogens with zero attached hydrogens (tertiary/aromatic N) is 1. The van der Waals surface area contributed by atoms with Gasteiger partial charge in [-0.2, -0.15) is 0 Å². The number of esters is 1. The number of carbonyl (C=O) groups is 3. The van der Waals surface area contributed by atoms with Crippen molar-refractivity contribution in [3.05, 3.63) is 0 Å². The third-order valence-electron chi connectivity index (χ3n) is 2.66. The maximum absolute atomic E-state index is 12.1. The summed E-state index contributed by atoms with van der Waals surface area (Å²) in [4.78, 5) is 35.8. The average molecular weight is 288 g/mol. The number of ether oxygens (including phenoxy) is 1. The number of rotatable bonds is 8. The molecule has 0 rings (SSSR count). The van der Waals surface area contributed by atoms with Crippen LogP contribution in [-0.2, 0) is 14.3 Å². The molecular formula is C13H24N2O5. The molecule has 2 amide bonds. The third-order valence-corrected chi connectivity index (χ3v) is 2.66. The summed E-state index contributed by atoms with van der Waals surface area (Å²) in [5, 5.41) is 11.4. The number of aliphatic carboxylic acids is 1. The van der Waals surface area contributed by atoms with Crippen LogP contribution in [0, 0.1) is 0 Å². The van der Waals surface area contributed by atoms with Crippen molar-refractivity contribution in [2.45, 2.75) is 52.6 Å². The Balaban J connectivity index is 4.71. The molecule has 0 aliphatic carbocycles. The number of carboxylic acid groups (broad SMARTS) is 1. The Hall–Kier alpha value is -1.79. The Morgan fingerprint density at radius 2 is 1.85 bits per heavy atom. The molecule has 0 saturated carbocycles. The summed E-state index contributed by atoms with van der Waals surface area (Å²) < 4.78 is 4.80. The van der Waals surface area contributed by atoms with Gasteiger partial charge in [0.15, 0.2) is 0 Å². The number of nitrogens with one attached hydrogen (secondary N) is 1. The third kappa shape index (κ3) is 6.40. The van der Waals surface area contributed by atoms with E-state index in [1.165, 1.54) is 4.90 Å². The first kappa shape index (κ1) is 18.2. The first-order valence-electron chi connectivity index (χ1n) is 6.78. The monoisotopic (exact) mass is 288 g/mol. The lowest BCUT2D eigenvalue weighted by Crippen LogP contribution is -2.51. The van der Waals surface area contributed by atoms with Crippen LogP contribution in [0.25, 0.3) is 0 Å². The predicted molar refractivity (Wildman–Crippen MR) is 73.3 cm³/mol. The van der Waals surface area contributed by atoms with E-state index >= 15 is 0 Å². The van der Waals surface area contributed by atoms with E-state index in [0.29, 0.717) is 12.8 Å². The summed E-state index contributed by atoms with van der Waals surface area (Å²) >= 11 is 0. The van der Waals surface area contributed by atoms with Crippen LogP contribution in [0.2, 0.25) is 0 Å². The van der Waals surface area contributed by atoms with Crippen LogP contribution in [0.15, 0.2) is 0 Å². The number of hydrogen-bond donors (Lipinski definition) is 2. The van der Waals surface area contributed by atoms with Crippen LogP contribution >= 0.6 is 0 Å². The van der Waals surface area contributed by atoms with Gasteiger partial charge in [-0.05, 0) is 27.2 Å². The molecule has 0 radical (unpaired) electrons. The van der Waals surface area contributed by atoms with Gasteiger partial charge in [0.1, 0.15) is 12.6 Å². The molecule has 0 aromatic heterocycles. The topological polar surface area (TPSA) is 95.9 Å². The van der Waals surface area contributed by atoms with Crippen LogP contribution in [0.1, 0.15) is 40.5 Å². The normalized spacial score (nSPS) is 11.8. The van der Waals surface area contributed by atoms with E-state index in [4.69, 9.17) is 9.84 Å². The van der Waals surface area contributed by atoms with Gasteiger partial charge in [0.25, 0.3) is 0 Å². The molecule has 0 saturated heterocycles. The summed E-state index contributed by atoms with van der Waals surface area (Å²) in [7, 11) is 0. The fraction of sp³-hybridized carbons (Fsp3) is 0.769. The molecular weight excluding hydrogens is 264 g/mol. The SMILES string of the molecule is CCCC(NC(=O)N(CC(=O)OCC)C(C)C)C(=O)O. The molecule has 0 aliphatic rings. The fourth-order valence-electron chi connectivity index (χ4n) is 1.61. The molecule has 0 aromatic carbocycles. The maximum Gasteiger partial charge on any atom is 0.326 e. The minimum Gasteiger partial charge on any atom is -0.480 e. The fourth-order valence-corrected chi connectivity index (χ4v) is 1.61. The van der Waals surface area contributed by atoms with Crippen molar-refractivity contribution in [2.24, 2.45) is 0 Å². The number of urea groups is 1. The Bertz CT molecular complexity index is 344. The lowest BCUT2D eigenvalue weighted by molar-refractivity contribution is -0.144. The second-order valence-electron chi connectivity index (χ2n) is 4.66. The highest BCUT2D eigenvalue weighted by Gasteiger charge is 2.25. The molecule has 0 heterocycles. The lowest BCUT2D eigenvalue weighted by Gasteiger charge is -2.27. The summed E-state index contributed by atoms with van der Waals surface area (Å²) in [6.45, 7) is 7.04. The second-order valence-corrected chi connectivity index (χ2v) is 4.66. The molecule has 0 bridgehead atoms. The summed E-state index contributed by atoms with van der Waals surface area (Å²) in [6.07, 6.45) is 0.975. The highest BCUT2D eigenvalue weighted by molar-refractivity contribution is 5.85. The van der Waals surface area contributed by atoms with Crippen molar-refractivity contribution in [3.8, 4) is 0 Å². The van der Waals surface area contributed by atoms with Crippen LogP contribution in [0.5, 0.6) is 0 Å². The highest BCUT2D eigenvalue weighted by Crippen LogP contribution is 2.03. The van der Waals surface area contributed by atoms with Crippen LogP contribution in [0.4, 0.5) is 4.79 Å². The van der Waals surface area contributed by atoms with E-state index < -0.39 is 24.0 Å². The summed E-state index contributed by atoms with van der Waals surface area (Å²) in [5.41, 5.74) is 0. The van der Waals surface area contributed by atoms with Gasteiger partial charge in [-0.15, -0.1) is 0 Å². The molecule has 7 heteroatoms. The zero-order chi connectivity index (χ0) is 15.7. The van der Waals surface area contributed by atoms with Crippen molar-refractivity contribution < 1.29 is 24.2 Å². The largest absolute Gasteiger partial charge is 0.480 e. The van der Waals surface area contributed by atoms with Gasteiger partial charge >= 0.3 is 18.0 Å². The quantitative estimate of drug-likeness (QED) is 0.655. The van der Waals surface area contributed by atoms with Crippen LogP contribution in [-0.4, -0.2) is 53.2 Å². The molecule has 2 N–H and O–H groups in total. The predicted octanol–water partition coefficient (Wildman–Crippen LogP) is 1.22. The van der Waals surface area contributed by atoms with Crippen LogP contribution < -0.4 is 5.32 Å². The Labute approximate surface area is 119 Å². The first-order valence-corrected chi connectivity index (χ1v) is 6.78. The van der Waals surface area contributed by atoms with Crippen molar-refractivity contribution in [2.75, 3.05) is 13.2 Å². The number of amides is 2. The van der Waals surface area contributed by atoms with E-state index in [2.05, 4.69) is 5.32 Å². The van der Waals surface area contributed by atoms with E-state index in [1.807, 2.05) is 6.92 Å². The van der Waals surface area contributed by atoms with Crippen molar-refractivity contribution in [1.82, 2.24) is 10.2 Å². The van der Waals surface area contributed by atoms with E-state index in [0.717, 1.165) is 0 Å². The molecule has 7 nitrogen and oxygen atoms in total. The Kier molecular flexibility index (Phi) is 8.35. The van der Waals surface area contributed by atoms with Crippen molar-refractivity contribution >= 4 is 18.0 Å². The second kappa shape index (κ2) is 9.17. The Morgan fingerprint density at radius 1 is 1.25 bits per heavy atom. The van der Waals surface area contributed by atoms with Crippen LogP contribution in [0.3, 0.4) is 0 Å². The number of hydrogen-bond acceptors (Lipinski definition) is 4. The Morgan fingerprint density at radius 3 is 2.25 bits per heavy atom. The molecule has 1 unspecified atom stereocenters. The van der Waals surface area contributed by atoms with Gasteiger partial charge in [-0.25, -0.2) is 9.59 Å². The first-order chi connectivity index (χ1) is 9.33. The van der Waals surface area contributed by atoms with Gasteiger partial charge in [0, 0.05) is 6.04 Å². The zero-order valence-electron chi connectivity index (χ0n) is 12.5. The summed E-state index contributed by atoms with van der Waals surface area (Å²) in [6, 6.07) is -1.76. The minimum atomic E-state index is -1.08. The van der Waals surface area contributed by atoms with Gasteiger partial charge in [-0.1, -0.05) is 13.3 Å². The van der Waals surface area contributed by atoms with E-state index in [9.17, 15) is 14.4 Å². The minimum absolute atomic E-state index is 0.199. The van der Waals surface area contributed by atoms with Gasteiger partial charge in [0.05, 0.1) is 6.61 Å². The molecule has 0 fully saturated rings. The maximum atomic E-state index is 12.1. The molecule has 116 valence electrons.